The van der Waals surface area contributed by atoms with Gasteiger partial charge in [-0.25, -0.2) is 0 Å². The van der Waals surface area contributed by atoms with E-state index in [9.17, 15) is 0 Å². The SMILES string of the molecule is CCC1CNC(C(C)C)CN1CCCC1CCCC1. The number of nitrogens with one attached hydrogen (secondary N) is 1. The second-order valence-corrected chi connectivity index (χ2v) is 7.11. The maximum absolute atomic E-state index is 3.74. The van der Waals surface area contributed by atoms with E-state index in [1.807, 2.05) is 0 Å². The zero-order valence-corrected chi connectivity index (χ0v) is 13.3. The molecule has 0 aromatic rings. The highest BCUT2D eigenvalue weighted by Gasteiger charge is 2.28. The average Bonchev–Trinajstić information content (AvgIpc) is 2.91. The van der Waals surface area contributed by atoms with Gasteiger partial charge in [0.05, 0.1) is 0 Å². The first-order valence-electron chi connectivity index (χ1n) is 8.68. The predicted molar refractivity (Wildman–Crippen MR) is 83.5 cm³/mol. The molecule has 2 rings (SSSR count). The molecular formula is C17H34N2. The Hall–Kier alpha value is -0.0800. The summed E-state index contributed by atoms with van der Waals surface area (Å²) in [6.07, 6.45) is 10.2. The summed E-state index contributed by atoms with van der Waals surface area (Å²) < 4.78 is 0. The third-order valence-electron chi connectivity index (χ3n) is 5.37. The summed E-state index contributed by atoms with van der Waals surface area (Å²) in [5.41, 5.74) is 0. The highest BCUT2D eigenvalue weighted by Crippen LogP contribution is 2.28. The number of nitrogens with zero attached hydrogens (tertiary/aromatic N) is 1. The van der Waals surface area contributed by atoms with E-state index >= 15 is 0 Å². The molecule has 2 fully saturated rings. The van der Waals surface area contributed by atoms with Crippen LogP contribution in [0.3, 0.4) is 0 Å². The third kappa shape index (κ3) is 4.46. The molecule has 1 saturated carbocycles. The van der Waals surface area contributed by atoms with Crippen LogP contribution in [0.2, 0.25) is 0 Å². The van der Waals surface area contributed by atoms with E-state index < -0.39 is 0 Å². The van der Waals surface area contributed by atoms with Gasteiger partial charge in [0.1, 0.15) is 0 Å². The van der Waals surface area contributed by atoms with Crippen molar-refractivity contribution in [2.75, 3.05) is 19.6 Å². The first kappa shape index (κ1) is 15.3. The van der Waals surface area contributed by atoms with Crippen LogP contribution in [-0.4, -0.2) is 36.6 Å². The van der Waals surface area contributed by atoms with Gasteiger partial charge in [-0.1, -0.05) is 46.5 Å². The second-order valence-electron chi connectivity index (χ2n) is 7.11. The van der Waals surface area contributed by atoms with Crippen molar-refractivity contribution in [1.82, 2.24) is 10.2 Å². The van der Waals surface area contributed by atoms with Crippen molar-refractivity contribution in [3.63, 3.8) is 0 Å². The molecular weight excluding hydrogens is 232 g/mol. The van der Waals surface area contributed by atoms with Gasteiger partial charge >= 0.3 is 0 Å². The molecule has 0 amide bonds. The Morgan fingerprint density at radius 1 is 1.21 bits per heavy atom. The normalized spacial score (nSPS) is 30.3. The molecule has 0 bridgehead atoms. The number of hydrogen-bond donors (Lipinski definition) is 1. The third-order valence-corrected chi connectivity index (χ3v) is 5.37. The van der Waals surface area contributed by atoms with Crippen molar-refractivity contribution < 1.29 is 0 Å². The Morgan fingerprint density at radius 3 is 2.58 bits per heavy atom. The van der Waals surface area contributed by atoms with Gasteiger partial charge in [0, 0.05) is 25.2 Å². The quantitative estimate of drug-likeness (QED) is 0.789. The first-order chi connectivity index (χ1) is 9.20. The molecule has 1 N–H and O–H groups in total. The molecule has 0 spiro atoms. The number of hydrogen-bond acceptors (Lipinski definition) is 2. The van der Waals surface area contributed by atoms with Crippen molar-refractivity contribution in [2.45, 2.75) is 77.8 Å². The molecule has 0 aromatic heterocycles. The highest BCUT2D eigenvalue weighted by atomic mass is 15.2. The number of piperazine rings is 1. The summed E-state index contributed by atoms with van der Waals surface area (Å²) in [6.45, 7) is 10.8. The summed E-state index contributed by atoms with van der Waals surface area (Å²) in [6, 6.07) is 1.48. The molecule has 2 aliphatic rings. The minimum atomic E-state index is 0.703. The van der Waals surface area contributed by atoms with E-state index in [-0.39, 0.29) is 0 Å². The fourth-order valence-corrected chi connectivity index (χ4v) is 3.89. The van der Waals surface area contributed by atoms with E-state index in [4.69, 9.17) is 0 Å². The van der Waals surface area contributed by atoms with Crippen LogP contribution in [0, 0.1) is 11.8 Å². The lowest BCUT2D eigenvalue weighted by molar-refractivity contribution is 0.107. The molecule has 1 heterocycles. The predicted octanol–water partition coefficient (Wildman–Crippen LogP) is 3.67. The highest BCUT2D eigenvalue weighted by molar-refractivity contribution is 4.87. The van der Waals surface area contributed by atoms with Gasteiger partial charge < -0.3 is 5.32 Å². The van der Waals surface area contributed by atoms with Crippen LogP contribution in [-0.2, 0) is 0 Å². The molecule has 1 aliphatic carbocycles. The van der Waals surface area contributed by atoms with Gasteiger partial charge in [0.25, 0.3) is 0 Å². The average molecular weight is 266 g/mol. The molecule has 19 heavy (non-hydrogen) atoms. The first-order valence-corrected chi connectivity index (χ1v) is 8.68. The van der Waals surface area contributed by atoms with Gasteiger partial charge in [0.2, 0.25) is 0 Å². The largest absolute Gasteiger partial charge is 0.311 e. The molecule has 2 nitrogen and oxygen atoms in total. The van der Waals surface area contributed by atoms with Crippen molar-refractivity contribution in [1.29, 1.82) is 0 Å². The molecule has 2 unspecified atom stereocenters. The van der Waals surface area contributed by atoms with Crippen molar-refractivity contribution in [2.24, 2.45) is 11.8 Å². The van der Waals surface area contributed by atoms with Crippen LogP contribution in [0.5, 0.6) is 0 Å². The maximum Gasteiger partial charge on any atom is 0.0218 e. The molecule has 2 atom stereocenters. The van der Waals surface area contributed by atoms with Crippen LogP contribution in [0.4, 0.5) is 0 Å². The second kappa shape index (κ2) is 7.64. The molecule has 112 valence electrons. The molecule has 2 heteroatoms. The fraction of sp³-hybridized carbons (Fsp3) is 1.00. The Labute approximate surface area is 120 Å². The Bertz CT molecular complexity index is 246. The topological polar surface area (TPSA) is 15.3 Å². The van der Waals surface area contributed by atoms with Gasteiger partial charge in [-0.05, 0) is 37.6 Å². The lowest BCUT2D eigenvalue weighted by Crippen LogP contribution is -2.58. The summed E-state index contributed by atoms with van der Waals surface area (Å²) in [7, 11) is 0. The van der Waals surface area contributed by atoms with Gasteiger partial charge in [0.15, 0.2) is 0 Å². The standard InChI is InChI=1S/C17H34N2/c1-4-16-12-18-17(14(2)3)13-19(16)11-7-10-15-8-5-6-9-15/h14-18H,4-13H2,1-3H3. The van der Waals surface area contributed by atoms with Crippen LogP contribution in [0.15, 0.2) is 0 Å². The van der Waals surface area contributed by atoms with Crippen LogP contribution in [0.25, 0.3) is 0 Å². The number of rotatable bonds is 6. The van der Waals surface area contributed by atoms with Crippen LogP contribution >= 0.6 is 0 Å². The Kier molecular flexibility index (Phi) is 6.15. The molecule has 0 radical (unpaired) electrons. The van der Waals surface area contributed by atoms with Crippen LogP contribution in [0.1, 0.15) is 65.7 Å². The monoisotopic (exact) mass is 266 g/mol. The summed E-state index contributed by atoms with van der Waals surface area (Å²) >= 11 is 0. The van der Waals surface area contributed by atoms with Gasteiger partial charge in [-0.15, -0.1) is 0 Å². The molecule has 1 aliphatic heterocycles. The van der Waals surface area contributed by atoms with E-state index in [0.29, 0.717) is 6.04 Å². The minimum absolute atomic E-state index is 0.703. The molecule has 0 aromatic carbocycles. The summed E-state index contributed by atoms with van der Waals surface area (Å²) in [5.74, 6) is 1.82. The lowest BCUT2D eigenvalue weighted by Gasteiger charge is -2.41. The Morgan fingerprint density at radius 2 is 1.95 bits per heavy atom. The van der Waals surface area contributed by atoms with E-state index in [0.717, 1.165) is 17.9 Å². The van der Waals surface area contributed by atoms with Crippen molar-refractivity contribution in [3.05, 3.63) is 0 Å². The zero-order valence-electron chi connectivity index (χ0n) is 13.3. The maximum atomic E-state index is 3.74. The van der Waals surface area contributed by atoms with E-state index in [2.05, 4.69) is 31.0 Å². The zero-order chi connectivity index (χ0) is 13.7. The van der Waals surface area contributed by atoms with Gasteiger partial charge in [-0.2, -0.15) is 0 Å². The lowest BCUT2D eigenvalue weighted by atomic mass is 9.97. The molecule has 1 saturated heterocycles. The Balaban J connectivity index is 1.74. The van der Waals surface area contributed by atoms with Crippen molar-refractivity contribution in [3.8, 4) is 0 Å². The minimum Gasteiger partial charge on any atom is -0.311 e. The van der Waals surface area contributed by atoms with E-state index in [1.165, 1.54) is 64.6 Å². The fourth-order valence-electron chi connectivity index (χ4n) is 3.89. The summed E-state index contributed by atoms with van der Waals surface area (Å²) in [5, 5.41) is 3.74. The summed E-state index contributed by atoms with van der Waals surface area (Å²) in [4.78, 5) is 2.77. The smallest absolute Gasteiger partial charge is 0.0218 e. The van der Waals surface area contributed by atoms with Crippen LogP contribution < -0.4 is 5.32 Å². The van der Waals surface area contributed by atoms with Crippen molar-refractivity contribution >= 4 is 0 Å². The van der Waals surface area contributed by atoms with Gasteiger partial charge in [-0.3, -0.25) is 4.90 Å². The van der Waals surface area contributed by atoms with E-state index in [1.54, 1.807) is 0 Å².